The first-order valence-electron chi connectivity index (χ1n) is 6.33. The third kappa shape index (κ3) is 3.18. The lowest BCUT2D eigenvalue weighted by Gasteiger charge is -2.09. The van der Waals surface area contributed by atoms with E-state index >= 15 is 0 Å². The molecule has 1 aromatic carbocycles. The molecule has 0 aliphatic heterocycles. The Morgan fingerprint density at radius 2 is 2.10 bits per heavy atom. The summed E-state index contributed by atoms with van der Waals surface area (Å²) in [5, 5.41) is 22.2. The molecule has 5 nitrogen and oxygen atoms in total. The lowest BCUT2D eigenvalue weighted by molar-refractivity contribution is 0.291. The van der Waals surface area contributed by atoms with Crippen molar-refractivity contribution in [2.75, 3.05) is 0 Å². The van der Waals surface area contributed by atoms with E-state index in [1.54, 1.807) is 0 Å². The minimum Gasteiger partial charge on any atom is -0.487 e. The van der Waals surface area contributed by atoms with Gasteiger partial charge in [0.1, 0.15) is 18.2 Å². The van der Waals surface area contributed by atoms with Gasteiger partial charge in [-0.2, -0.15) is 5.10 Å². The Morgan fingerprint density at radius 1 is 1.35 bits per heavy atom. The summed E-state index contributed by atoms with van der Waals surface area (Å²) < 4.78 is 20.9. The van der Waals surface area contributed by atoms with Crippen LogP contribution < -0.4 is 10.2 Å². The molecule has 0 saturated heterocycles. The lowest BCUT2D eigenvalue weighted by Crippen LogP contribution is -2.32. The first kappa shape index (κ1) is 14.6. The highest BCUT2D eigenvalue weighted by atomic mass is 19.1. The molecule has 106 valence electrons. The van der Waals surface area contributed by atoms with E-state index in [2.05, 4.69) is 5.10 Å². The third-order valence-corrected chi connectivity index (χ3v) is 2.92. The molecular formula is C13H16BFN2O3. The summed E-state index contributed by atoms with van der Waals surface area (Å²) in [7, 11) is -1.83. The monoisotopic (exact) mass is 278 g/mol. The fraction of sp³-hybridized carbons (Fsp3) is 0.308. The predicted molar refractivity (Wildman–Crippen MR) is 73.2 cm³/mol. The van der Waals surface area contributed by atoms with E-state index in [9.17, 15) is 4.39 Å². The molecule has 2 aromatic rings. The number of aryl methyl sites for hydroxylation is 2. The van der Waals surface area contributed by atoms with Crippen LogP contribution in [0.1, 0.15) is 18.3 Å². The fourth-order valence-electron chi connectivity index (χ4n) is 1.95. The predicted octanol–water partition coefficient (Wildman–Crippen LogP) is 0.609. The molecule has 2 N–H and O–H groups in total. The van der Waals surface area contributed by atoms with Gasteiger partial charge in [-0.25, -0.2) is 4.39 Å². The fourth-order valence-corrected chi connectivity index (χ4v) is 1.95. The summed E-state index contributed by atoms with van der Waals surface area (Å²) >= 11 is 0. The second-order valence-corrected chi connectivity index (χ2v) is 4.44. The number of hydrogen-bond donors (Lipinski definition) is 2. The Kier molecular flexibility index (Phi) is 4.41. The third-order valence-electron chi connectivity index (χ3n) is 2.92. The topological polar surface area (TPSA) is 67.5 Å². The average Bonchev–Trinajstić information content (AvgIpc) is 2.76. The van der Waals surface area contributed by atoms with Gasteiger partial charge in [0.05, 0.1) is 11.4 Å². The number of rotatable bonds is 5. The number of ether oxygens (including phenoxy) is 1. The summed E-state index contributed by atoms with van der Waals surface area (Å²) in [5.74, 6) is -0.383. The van der Waals surface area contributed by atoms with Gasteiger partial charge in [-0.3, -0.25) is 4.68 Å². The number of halogens is 1. The maximum atomic E-state index is 13.6. The Bertz CT molecular complexity index is 601. The van der Waals surface area contributed by atoms with Crippen molar-refractivity contribution in [3.05, 3.63) is 41.5 Å². The zero-order chi connectivity index (χ0) is 14.7. The molecule has 0 spiro atoms. The first-order chi connectivity index (χ1) is 9.51. The van der Waals surface area contributed by atoms with Crippen LogP contribution in [0.4, 0.5) is 4.39 Å². The zero-order valence-corrected chi connectivity index (χ0v) is 11.4. The molecule has 7 heteroatoms. The standard InChI is InChI=1S/C13H16BFN2O3/c1-3-17-10(6-9(2)16-17)8-20-11-4-5-12(14(18)19)13(15)7-11/h4-7,18-19H,3,8H2,1-2H3. The van der Waals surface area contributed by atoms with Crippen LogP contribution in [0.5, 0.6) is 5.75 Å². The van der Waals surface area contributed by atoms with Crippen molar-refractivity contribution in [3.8, 4) is 5.75 Å². The van der Waals surface area contributed by atoms with Crippen LogP contribution in [0.3, 0.4) is 0 Å². The van der Waals surface area contributed by atoms with E-state index in [-0.39, 0.29) is 12.1 Å². The van der Waals surface area contributed by atoms with Crippen molar-refractivity contribution in [2.45, 2.75) is 27.0 Å². The van der Waals surface area contributed by atoms with Crippen LogP contribution in [0.25, 0.3) is 0 Å². The highest BCUT2D eigenvalue weighted by molar-refractivity contribution is 6.58. The van der Waals surface area contributed by atoms with Crippen LogP contribution in [0, 0.1) is 12.7 Å². The quantitative estimate of drug-likeness (QED) is 0.786. The van der Waals surface area contributed by atoms with Gasteiger partial charge in [-0.05, 0) is 26.0 Å². The van der Waals surface area contributed by atoms with Crippen molar-refractivity contribution in [2.24, 2.45) is 0 Å². The summed E-state index contributed by atoms with van der Waals surface area (Å²) in [6.07, 6.45) is 0. The van der Waals surface area contributed by atoms with Gasteiger partial charge in [0.15, 0.2) is 0 Å². The Balaban J connectivity index is 2.09. The maximum Gasteiger partial charge on any atom is 0.491 e. The zero-order valence-electron chi connectivity index (χ0n) is 11.4. The molecule has 1 aromatic heterocycles. The van der Waals surface area contributed by atoms with Gasteiger partial charge in [-0.15, -0.1) is 0 Å². The highest BCUT2D eigenvalue weighted by Gasteiger charge is 2.16. The normalized spacial score (nSPS) is 10.7. The molecule has 0 saturated carbocycles. The largest absolute Gasteiger partial charge is 0.491 e. The van der Waals surface area contributed by atoms with Crippen LogP contribution in [0.2, 0.25) is 0 Å². The molecule has 0 atom stereocenters. The van der Waals surface area contributed by atoms with Crippen molar-refractivity contribution >= 4 is 12.6 Å². The van der Waals surface area contributed by atoms with Crippen LogP contribution >= 0.6 is 0 Å². The van der Waals surface area contributed by atoms with E-state index < -0.39 is 12.9 Å². The highest BCUT2D eigenvalue weighted by Crippen LogP contribution is 2.14. The van der Waals surface area contributed by atoms with Gasteiger partial charge in [-0.1, -0.05) is 6.07 Å². The molecule has 0 bridgehead atoms. The van der Waals surface area contributed by atoms with Gasteiger partial charge < -0.3 is 14.8 Å². The van der Waals surface area contributed by atoms with E-state index in [1.165, 1.54) is 12.1 Å². The molecule has 0 unspecified atom stereocenters. The van der Waals surface area contributed by atoms with Crippen LogP contribution in [-0.2, 0) is 13.2 Å². The molecule has 2 rings (SSSR count). The van der Waals surface area contributed by atoms with Gasteiger partial charge in [0.2, 0.25) is 0 Å². The van der Waals surface area contributed by atoms with Crippen LogP contribution in [0.15, 0.2) is 24.3 Å². The molecular weight excluding hydrogens is 262 g/mol. The summed E-state index contributed by atoms with van der Waals surface area (Å²) in [5.41, 5.74) is 1.62. The van der Waals surface area contributed by atoms with Gasteiger partial charge >= 0.3 is 7.12 Å². The molecule has 0 aliphatic carbocycles. The molecule has 0 radical (unpaired) electrons. The summed E-state index contributed by atoms with van der Waals surface area (Å²) in [6, 6.07) is 5.83. The molecule has 0 amide bonds. The second kappa shape index (κ2) is 6.07. The summed E-state index contributed by atoms with van der Waals surface area (Å²) in [6.45, 7) is 4.88. The minimum absolute atomic E-state index is 0.174. The number of aromatic nitrogens is 2. The van der Waals surface area contributed by atoms with Crippen molar-refractivity contribution in [1.82, 2.24) is 9.78 Å². The van der Waals surface area contributed by atoms with Gasteiger partial charge in [0, 0.05) is 18.1 Å². The molecule has 0 fully saturated rings. The summed E-state index contributed by atoms with van der Waals surface area (Å²) in [4.78, 5) is 0. The van der Waals surface area contributed by atoms with Crippen molar-refractivity contribution in [1.29, 1.82) is 0 Å². The average molecular weight is 278 g/mol. The smallest absolute Gasteiger partial charge is 0.487 e. The minimum atomic E-state index is -1.83. The van der Waals surface area contributed by atoms with E-state index in [4.69, 9.17) is 14.8 Å². The number of nitrogens with zero attached hydrogens (tertiary/aromatic N) is 2. The van der Waals surface area contributed by atoms with Gasteiger partial charge in [0.25, 0.3) is 0 Å². The Labute approximate surface area is 116 Å². The SMILES string of the molecule is CCn1nc(C)cc1COc1ccc(B(O)O)c(F)c1. The van der Waals surface area contributed by atoms with E-state index in [0.717, 1.165) is 24.0 Å². The van der Waals surface area contributed by atoms with Crippen LogP contribution in [-0.4, -0.2) is 26.9 Å². The second-order valence-electron chi connectivity index (χ2n) is 4.44. The Hall–Kier alpha value is -1.86. The van der Waals surface area contributed by atoms with E-state index in [1.807, 2.05) is 24.6 Å². The van der Waals surface area contributed by atoms with Crippen molar-refractivity contribution in [3.63, 3.8) is 0 Å². The lowest BCUT2D eigenvalue weighted by atomic mass is 9.80. The molecule has 0 aliphatic rings. The molecule has 20 heavy (non-hydrogen) atoms. The number of benzene rings is 1. The molecule has 1 heterocycles. The van der Waals surface area contributed by atoms with Crippen molar-refractivity contribution < 1.29 is 19.2 Å². The maximum absolute atomic E-state index is 13.6. The Morgan fingerprint density at radius 3 is 2.70 bits per heavy atom. The van der Waals surface area contributed by atoms with E-state index in [0.29, 0.717) is 5.75 Å². The number of hydrogen-bond acceptors (Lipinski definition) is 4. The first-order valence-corrected chi connectivity index (χ1v) is 6.33.